The maximum absolute atomic E-state index is 11.9. The Morgan fingerprint density at radius 2 is 2.11 bits per heavy atom. The predicted molar refractivity (Wildman–Crippen MR) is 80.9 cm³/mol. The molecule has 0 unspecified atom stereocenters. The number of amidine groups is 1. The lowest BCUT2D eigenvalue weighted by Gasteiger charge is -2.18. The molecule has 0 aliphatic carbocycles. The third-order valence-corrected chi connectivity index (χ3v) is 6.02. The summed E-state index contributed by atoms with van der Waals surface area (Å²) < 4.78 is 25.3. The summed E-state index contributed by atoms with van der Waals surface area (Å²) in [6.45, 7) is 4.77. The average Bonchev–Trinajstić information content (AvgIpc) is 2.87. The first-order valence-corrected chi connectivity index (χ1v) is 8.86. The first kappa shape index (κ1) is 14.4. The van der Waals surface area contributed by atoms with E-state index >= 15 is 0 Å². The second-order valence-electron chi connectivity index (χ2n) is 4.35. The van der Waals surface area contributed by atoms with Gasteiger partial charge < -0.3 is 0 Å². The molecule has 0 saturated carbocycles. The third-order valence-electron chi connectivity index (χ3n) is 3.08. The number of sulfonamides is 1. The highest BCUT2D eigenvalue weighted by atomic mass is 32.2. The highest BCUT2D eigenvalue weighted by Gasteiger charge is 2.27. The number of thioether (sulfide) groups is 1. The van der Waals surface area contributed by atoms with Gasteiger partial charge in [-0.15, -0.1) is 0 Å². The molecule has 1 aromatic rings. The Bertz CT molecular complexity index is 582. The van der Waals surface area contributed by atoms with E-state index in [1.807, 2.05) is 12.1 Å². The summed E-state index contributed by atoms with van der Waals surface area (Å²) in [5.74, 6) is 0.873. The van der Waals surface area contributed by atoms with Crippen LogP contribution in [0.4, 0.5) is 0 Å². The number of aliphatic imine (C=N–C) groups is 1. The zero-order valence-corrected chi connectivity index (χ0v) is 12.8. The first-order chi connectivity index (χ1) is 9.04. The maximum Gasteiger partial charge on any atom is 0.236 e. The Labute approximate surface area is 119 Å². The fraction of sp³-hybridized carbons (Fsp3) is 0.462. The molecule has 0 bridgehead atoms. The van der Waals surface area contributed by atoms with Crippen LogP contribution in [0.3, 0.4) is 0 Å². The summed E-state index contributed by atoms with van der Waals surface area (Å²) >= 11 is 1.50. The minimum absolute atomic E-state index is 0.122. The standard InChI is InChI=1S/C13H18N2O2S2/c1-3-19(16,17)15-9-8-14-13(15)18-10-12-7-5-4-6-11(12)2/h4-7H,3,8-10H2,1-2H3. The SMILES string of the molecule is CCS(=O)(=O)N1CCN=C1SCc1ccccc1C. The normalized spacial score (nSPS) is 15.7. The number of aryl methyl sites for hydroxylation is 1. The maximum atomic E-state index is 11.9. The third kappa shape index (κ3) is 3.30. The van der Waals surface area contributed by atoms with Crippen molar-refractivity contribution in [1.29, 1.82) is 0 Å². The summed E-state index contributed by atoms with van der Waals surface area (Å²) in [6.07, 6.45) is 0. The van der Waals surface area contributed by atoms with Crippen LogP contribution >= 0.6 is 11.8 Å². The van der Waals surface area contributed by atoms with Crippen LogP contribution in [-0.4, -0.2) is 36.7 Å². The van der Waals surface area contributed by atoms with Crippen LogP contribution in [0.5, 0.6) is 0 Å². The van der Waals surface area contributed by atoms with Crippen molar-refractivity contribution < 1.29 is 8.42 Å². The Morgan fingerprint density at radius 1 is 1.37 bits per heavy atom. The molecule has 4 nitrogen and oxygen atoms in total. The molecule has 1 aliphatic rings. The highest BCUT2D eigenvalue weighted by molar-refractivity contribution is 8.14. The molecule has 6 heteroatoms. The predicted octanol–water partition coefficient (Wildman–Crippen LogP) is 2.25. The molecule has 0 aromatic heterocycles. The van der Waals surface area contributed by atoms with E-state index in [0.29, 0.717) is 18.3 Å². The molecule has 104 valence electrons. The summed E-state index contributed by atoms with van der Waals surface area (Å²) in [5.41, 5.74) is 2.44. The molecular formula is C13H18N2O2S2. The number of rotatable bonds is 4. The van der Waals surface area contributed by atoms with Gasteiger partial charge in [-0.25, -0.2) is 12.7 Å². The molecule has 0 radical (unpaired) electrons. The van der Waals surface area contributed by atoms with Crippen LogP contribution in [-0.2, 0) is 15.8 Å². The molecule has 0 fully saturated rings. The fourth-order valence-corrected chi connectivity index (χ4v) is 4.35. The van der Waals surface area contributed by atoms with Gasteiger partial charge in [0.15, 0.2) is 5.17 Å². The first-order valence-electron chi connectivity index (χ1n) is 6.27. The van der Waals surface area contributed by atoms with Gasteiger partial charge in [0, 0.05) is 5.75 Å². The molecule has 0 N–H and O–H groups in total. The molecule has 0 atom stereocenters. The smallest absolute Gasteiger partial charge is 0.236 e. The van der Waals surface area contributed by atoms with Crippen molar-refractivity contribution >= 4 is 27.0 Å². The molecule has 1 heterocycles. The van der Waals surface area contributed by atoms with E-state index < -0.39 is 10.0 Å². The molecule has 0 amide bonds. The largest absolute Gasteiger partial charge is 0.260 e. The minimum Gasteiger partial charge on any atom is -0.260 e. The lowest BCUT2D eigenvalue weighted by Crippen LogP contribution is -2.34. The van der Waals surface area contributed by atoms with E-state index in [1.54, 1.807) is 6.92 Å². The summed E-state index contributed by atoms with van der Waals surface area (Å²) in [6, 6.07) is 8.13. The topological polar surface area (TPSA) is 49.7 Å². The molecule has 0 saturated heterocycles. The highest BCUT2D eigenvalue weighted by Crippen LogP contribution is 2.23. The Hall–Kier alpha value is -1.01. The van der Waals surface area contributed by atoms with Crippen LogP contribution < -0.4 is 0 Å². The van der Waals surface area contributed by atoms with E-state index in [9.17, 15) is 8.42 Å². The van der Waals surface area contributed by atoms with Crippen molar-refractivity contribution in [1.82, 2.24) is 4.31 Å². The minimum atomic E-state index is -3.18. The van der Waals surface area contributed by atoms with Crippen molar-refractivity contribution in [3.8, 4) is 0 Å². The van der Waals surface area contributed by atoms with Crippen molar-refractivity contribution in [3.05, 3.63) is 35.4 Å². The van der Waals surface area contributed by atoms with Crippen LogP contribution in [0, 0.1) is 6.92 Å². The van der Waals surface area contributed by atoms with E-state index in [4.69, 9.17) is 0 Å². The lowest BCUT2D eigenvalue weighted by molar-refractivity contribution is 0.541. The van der Waals surface area contributed by atoms with Gasteiger partial charge in [0.25, 0.3) is 0 Å². The van der Waals surface area contributed by atoms with Crippen LogP contribution in [0.25, 0.3) is 0 Å². The number of benzene rings is 1. The zero-order valence-electron chi connectivity index (χ0n) is 11.2. The van der Waals surface area contributed by atoms with Crippen LogP contribution in [0.1, 0.15) is 18.1 Å². The monoisotopic (exact) mass is 298 g/mol. The molecule has 1 aliphatic heterocycles. The van der Waals surface area contributed by atoms with E-state index in [2.05, 4.69) is 24.0 Å². The average molecular weight is 298 g/mol. The molecular weight excluding hydrogens is 280 g/mol. The summed E-state index contributed by atoms with van der Waals surface area (Å²) in [5, 5.41) is 0.630. The van der Waals surface area contributed by atoms with Gasteiger partial charge in [0.2, 0.25) is 10.0 Å². The fourth-order valence-electron chi connectivity index (χ4n) is 1.86. The summed E-state index contributed by atoms with van der Waals surface area (Å²) in [4.78, 5) is 4.30. The number of hydrogen-bond acceptors (Lipinski definition) is 4. The van der Waals surface area contributed by atoms with Gasteiger partial charge in [0.05, 0.1) is 18.8 Å². The van der Waals surface area contributed by atoms with E-state index in [1.165, 1.54) is 27.2 Å². The van der Waals surface area contributed by atoms with Gasteiger partial charge in [-0.2, -0.15) is 0 Å². The Balaban J connectivity index is 2.06. The zero-order chi connectivity index (χ0) is 13.9. The quantitative estimate of drug-likeness (QED) is 0.856. The van der Waals surface area contributed by atoms with Crippen LogP contribution in [0.15, 0.2) is 29.3 Å². The van der Waals surface area contributed by atoms with Crippen molar-refractivity contribution in [2.75, 3.05) is 18.8 Å². The van der Waals surface area contributed by atoms with E-state index in [0.717, 1.165) is 5.75 Å². The molecule has 0 spiro atoms. The Kier molecular flexibility index (Phi) is 4.52. The van der Waals surface area contributed by atoms with Crippen molar-refractivity contribution in [2.24, 2.45) is 4.99 Å². The van der Waals surface area contributed by atoms with Crippen LogP contribution in [0.2, 0.25) is 0 Å². The van der Waals surface area contributed by atoms with E-state index in [-0.39, 0.29) is 5.75 Å². The summed E-state index contributed by atoms with van der Waals surface area (Å²) in [7, 11) is -3.18. The molecule has 1 aromatic carbocycles. The van der Waals surface area contributed by atoms with Gasteiger partial charge in [-0.05, 0) is 25.0 Å². The van der Waals surface area contributed by atoms with Crippen molar-refractivity contribution in [2.45, 2.75) is 19.6 Å². The van der Waals surface area contributed by atoms with Gasteiger partial charge >= 0.3 is 0 Å². The number of hydrogen-bond donors (Lipinski definition) is 0. The van der Waals surface area contributed by atoms with Gasteiger partial charge in [-0.3, -0.25) is 4.99 Å². The number of nitrogens with zero attached hydrogens (tertiary/aromatic N) is 2. The second kappa shape index (κ2) is 5.96. The van der Waals surface area contributed by atoms with Gasteiger partial charge in [-0.1, -0.05) is 36.0 Å². The molecule has 2 rings (SSSR count). The van der Waals surface area contributed by atoms with Crippen molar-refractivity contribution in [3.63, 3.8) is 0 Å². The lowest BCUT2D eigenvalue weighted by atomic mass is 10.1. The second-order valence-corrected chi connectivity index (χ2v) is 7.48. The Morgan fingerprint density at radius 3 is 2.79 bits per heavy atom. The molecule has 19 heavy (non-hydrogen) atoms. The van der Waals surface area contributed by atoms with Gasteiger partial charge in [0.1, 0.15) is 0 Å².